The van der Waals surface area contributed by atoms with Gasteiger partial charge in [-0.1, -0.05) is 55.4 Å². The number of nitrogens with zero attached hydrogens (tertiary/aromatic N) is 5. The third-order valence-electron chi connectivity index (χ3n) is 6.92. The van der Waals surface area contributed by atoms with Crippen LogP contribution in [0.5, 0.6) is 0 Å². The van der Waals surface area contributed by atoms with Gasteiger partial charge < -0.3 is 10.6 Å². The average Bonchev–Trinajstić information content (AvgIpc) is 3.76. The Morgan fingerprint density at radius 1 is 0.929 bits per heavy atom. The van der Waals surface area contributed by atoms with E-state index in [0.717, 1.165) is 44.6 Å². The molecule has 15 heteroatoms. The standard InChI is InChI=1S/C27H22Br2N8O2S3/c28-14-4-8-16(9-5-14)30-20(38)12-40-26-34-32-23-22-18-2-1-3-19(18)42-24(22)37-25(36(23)26)33-35-27(37)41-13-21(39)31-17-10-6-15(29)7-11-17/h4-11,23,32H,1-3,12-13H2,(H,30,38)(H,31,39). The van der Waals surface area contributed by atoms with Gasteiger partial charge in [-0.25, -0.2) is 4.57 Å². The maximum Gasteiger partial charge on any atom is 0.241 e. The number of hydrazone groups is 1. The van der Waals surface area contributed by atoms with Gasteiger partial charge in [0.1, 0.15) is 5.00 Å². The molecule has 2 amide bonds. The molecule has 1 unspecified atom stereocenters. The highest BCUT2D eigenvalue weighted by atomic mass is 79.9. The van der Waals surface area contributed by atoms with E-state index in [2.05, 4.69) is 63.2 Å². The van der Waals surface area contributed by atoms with Crippen molar-refractivity contribution in [3.05, 3.63) is 73.5 Å². The van der Waals surface area contributed by atoms with Gasteiger partial charge in [0.25, 0.3) is 0 Å². The Labute approximate surface area is 270 Å². The molecule has 214 valence electrons. The number of thiophene rings is 1. The van der Waals surface area contributed by atoms with Crippen molar-refractivity contribution in [1.82, 2.24) is 20.2 Å². The van der Waals surface area contributed by atoms with E-state index in [1.54, 1.807) is 11.3 Å². The molecule has 0 saturated carbocycles. The van der Waals surface area contributed by atoms with Gasteiger partial charge in [0.15, 0.2) is 16.5 Å². The number of carbonyl (C=O) groups excluding carboxylic acids is 2. The van der Waals surface area contributed by atoms with Gasteiger partial charge in [-0.15, -0.1) is 21.5 Å². The summed E-state index contributed by atoms with van der Waals surface area (Å²) >= 11 is 11.3. The van der Waals surface area contributed by atoms with Gasteiger partial charge in [0.05, 0.1) is 11.5 Å². The Kier molecular flexibility index (Phi) is 7.77. The van der Waals surface area contributed by atoms with Crippen LogP contribution in [-0.2, 0) is 22.4 Å². The van der Waals surface area contributed by atoms with Crippen molar-refractivity contribution in [2.45, 2.75) is 30.6 Å². The number of fused-ring (bicyclic) bond motifs is 8. The number of amidine groups is 1. The molecule has 4 aromatic rings. The predicted octanol–water partition coefficient (Wildman–Crippen LogP) is 6.14. The lowest BCUT2D eigenvalue weighted by molar-refractivity contribution is -0.114. The maximum atomic E-state index is 12.8. The predicted molar refractivity (Wildman–Crippen MR) is 176 cm³/mol. The summed E-state index contributed by atoms with van der Waals surface area (Å²) in [6, 6.07) is 14.9. The minimum Gasteiger partial charge on any atom is -0.325 e. The van der Waals surface area contributed by atoms with Crippen molar-refractivity contribution in [3.8, 4) is 5.00 Å². The molecule has 2 aromatic carbocycles. The summed E-state index contributed by atoms with van der Waals surface area (Å²) in [5, 5.41) is 21.9. The van der Waals surface area contributed by atoms with Gasteiger partial charge in [-0.05, 0) is 73.4 Å². The Morgan fingerprint density at radius 3 is 2.24 bits per heavy atom. The molecule has 0 spiro atoms. The fourth-order valence-corrected chi connectivity index (χ4v) is 8.62. The molecule has 4 heterocycles. The van der Waals surface area contributed by atoms with Gasteiger partial charge in [-0.3, -0.25) is 19.9 Å². The van der Waals surface area contributed by atoms with Crippen LogP contribution in [0.2, 0.25) is 0 Å². The smallest absolute Gasteiger partial charge is 0.241 e. The number of amides is 2. The molecule has 3 N–H and O–H groups in total. The second-order valence-electron chi connectivity index (χ2n) is 9.68. The Bertz CT molecular complexity index is 1720. The zero-order valence-corrected chi connectivity index (χ0v) is 27.4. The van der Waals surface area contributed by atoms with Crippen molar-refractivity contribution in [1.29, 1.82) is 0 Å². The normalized spacial score (nSPS) is 16.2. The van der Waals surface area contributed by atoms with E-state index in [9.17, 15) is 9.59 Å². The molecular weight excluding hydrogens is 724 g/mol. The van der Waals surface area contributed by atoms with E-state index in [1.807, 2.05) is 58.0 Å². The third kappa shape index (κ3) is 5.36. The van der Waals surface area contributed by atoms with Crippen molar-refractivity contribution in [2.24, 2.45) is 5.10 Å². The summed E-state index contributed by atoms with van der Waals surface area (Å²) in [6.07, 6.45) is 2.98. The summed E-state index contributed by atoms with van der Waals surface area (Å²) < 4.78 is 3.94. The first-order chi connectivity index (χ1) is 20.4. The summed E-state index contributed by atoms with van der Waals surface area (Å²) in [7, 11) is 0. The molecule has 3 aliphatic rings. The van der Waals surface area contributed by atoms with E-state index in [0.29, 0.717) is 16.3 Å². The first-order valence-electron chi connectivity index (χ1n) is 13.0. The van der Waals surface area contributed by atoms with Crippen LogP contribution in [0.25, 0.3) is 5.00 Å². The van der Waals surface area contributed by atoms with Crippen LogP contribution >= 0.6 is 66.7 Å². The van der Waals surface area contributed by atoms with Crippen LogP contribution in [0.15, 0.2) is 67.7 Å². The zero-order chi connectivity index (χ0) is 28.8. The Morgan fingerprint density at radius 2 is 1.57 bits per heavy atom. The fourth-order valence-electron chi connectivity index (χ4n) is 5.11. The number of thioether (sulfide) groups is 2. The summed E-state index contributed by atoms with van der Waals surface area (Å²) in [4.78, 5) is 28.9. The van der Waals surface area contributed by atoms with Gasteiger partial charge in [0.2, 0.25) is 17.8 Å². The largest absolute Gasteiger partial charge is 0.325 e. The summed E-state index contributed by atoms with van der Waals surface area (Å²) in [5.74, 6) is 0.729. The van der Waals surface area contributed by atoms with Crippen LogP contribution in [-0.4, -0.2) is 43.3 Å². The van der Waals surface area contributed by atoms with Gasteiger partial charge in [-0.2, -0.15) is 5.10 Å². The topological polar surface area (TPSA) is 117 Å². The zero-order valence-electron chi connectivity index (χ0n) is 21.8. The number of aryl methyl sites for hydroxylation is 1. The van der Waals surface area contributed by atoms with E-state index in [4.69, 9.17) is 0 Å². The second-order valence-corrected chi connectivity index (χ2v) is 14.5. The van der Waals surface area contributed by atoms with E-state index in [-0.39, 0.29) is 29.5 Å². The first kappa shape index (κ1) is 28.0. The summed E-state index contributed by atoms with van der Waals surface area (Å²) in [6.45, 7) is 0. The highest BCUT2D eigenvalue weighted by molar-refractivity contribution is 9.10. The minimum absolute atomic E-state index is 0.125. The van der Waals surface area contributed by atoms with Crippen LogP contribution in [0.3, 0.4) is 0 Å². The van der Waals surface area contributed by atoms with Crippen molar-refractivity contribution in [3.63, 3.8) is 0 Å². The number of aromatic nitrogens is 3. The quantitative estimate of drug-likeness (QED) is 0.194. The number of nitrogens with one attached hydrogen (secondary N) is 3. The van der Waals surface area contributed by atoms with E-state index in [1.165, 1.54) is 39.5 Å². The molecule has 42 heavy (non-hydrogen) atoms. The lowest BCUT2D eigenvalue weighted by atomic mass is 10.1. The Hall–Kier alpha value is -2.85. The van der Waals surface area contributed by atoms with Crippen LogP contribution in [0.1, 0.15) is 28.6 Å². The maximum absolute atomic E-state index is 12.8. The van der Waals surface area contributed by atoms with E-state index < -0.39 is 0 Å². The highest BCUT2D eigenvalue weighted by Gasteiger charge is 2.44. The molecule has 0 saturated heterocycles. The molecule has 1 atom stereocenters. The van der Waals surface area contributed by atoms with Crippen molar-refractivity contribution < 1.29 is 9.59 Å². The number of hydrogen-bond donors (Lipinski definition) is 3. The van der Waals surface area contributed by atoms with E-state index >= 15 is 0 Å². The second kappa shape index (κ2) is 11.7. The molecule has 0 fully saturated rings. The van der Waals surface area contributed by atoms with Crippen LogP contribution in [0, 0.1) is 0 Å². The summed E-state index contributed by atoms with van der Waals surface area (Å²) in [5.41, 5.74) is 7.30. The fraction of sp³-hybridized carbons (Fsp3) is 0.222. The molecule has 0 bridgehead atoms. The van der Waals surface area contributed by atoms with Crippen molar-refractivity contribution >= 4 is 101 Å². The minimum atomic E-state index is -0.217. The number of carbonyl (C=O) groups is 2. The molecule has 0 radical (unpaired) electrons. The van der Waals surface area contributed by atoms with Crippen LogP contribution in [0.4, 0.5) is 17.3 Å². The van der Waals surface area contributed by atoms with Gasteiger partial charge in [0, 0.05) is 30.8 Å². The van der Waals surface area contributed by atoms with Gasteiger partial charge >= 0.3 is 0 Å². The molecule has 10 nitrogen and oxygen atoms in total. The SMILES string of the molecule is O=C(CSC1=NNC2c3c(sc4c3CCC4)-n3c(SCC(=O)Nc4ccc(Br)cc4)nnc3N12)Nc1ccc(Br)cc1. The number of halogens is 2. The monoisotopic (exact) mass is 744 g/mol. The molecule has 2 aliphatic heterocycles. The number of anilines is 3. The number of hydrogen-bond acceptors (Lipinski definition) is 10. The first-order valence-corrected chi connectivity index (χ1v) is 17.4. The molecular formula is C27H22Br2N8O2S3. The lowest BCUT2D eigenvalue weighted by Gasteiger charge is -2.31. The Balaban J connectivity index is 1.11. The number of benzene rings is 2. The molecule has 7 rings (SSSR count). The van der Waals surface area contributed by atoms with Crippen molar-refractivity contribution in [2.75, 3.05) is 27.0 Å². The molecule has 2 aromatic heterocycles. The average molecular weight is 747 g/mol. The lowest BCUT2D eigenvalue weighted by Crippen LogP contribution is -2.38. The number of rotatable bonds is 7. The molecule has 1 aliphatic carbocycles. The highest BCUT2D eigenvalue weighted by Crippen LogP contribution is 2.49. The van der Waals surface area contributed by atoms with Crippen LogP contribution < -0.4 is 21.0 Å². The third-order valence-corrected chi connectivity index (χ3v) is 11.2.